The van der Waals surface area contributed by atoms with Crippen molar-refractivity contribution in [1.29, 1.82) is 0 Å². The number of carboxylic acids is 1. The highest BCUT2D eigenvalue weighted by molar-refractivity contribution is 5.87. The maximum atomic E-state index is 12.9. The number of amides is 2. The smallest absolute Gasteiger partial charge is 0.407 e. The molecule has 35 heavy (non-hydrogen) atoms. The van der Waals surface area contributed by atoms with E-state index in [9.17, 15) is 19.5 Å². The van der Waals surface area contributed by atoms with Crippen LogP contribution in [0.5, 0.6) is 0 Å². The van der Waals surface area contributed by atoms with Gasteiger partial charge in [0.2, 0.25) is 5.91 Å². The van der Waals surface area contributed by atoms with Gasteiger partial charge in [0.1, 0.15) is 12.6 Å². The lowest BCUT2D eigenvalue weighted by atomic mass is 9.80. The van der Waals surface area contributed by atoms with Gasteiger partial charge < -0.3 is 25.2 Å². The molecule has 2 aromatic rings. The molecule has 3 aliphatic rings. The first kappa shape index (κ1) is 23.4. The zero-order valence-corrected chi connectivity index (χ0v) is 19.5. The van der Waals surface area contributed by atoms with Crippen LogP contribution in [0.3, 0.4) is 0 Å². The monoisotopic (exact) mass is 478 g/mol. The molecule has 1 aliphatic heterocycles. The van der Waals surface area contributed by atoms with Crippen LogP contribution in [0.4, 0.5) is 4.79 Å². The number of aliphatic carboxylic acids is 1. The lowest BCUT2D eigenvalue weighted by Crippen LogP contribution is -2.53. The Hall–Kier alpha value is -3.39. The Morgan fingerprint density at radius 2 is 1.60 bits per heavy atom. The van der Waals surface area contributed by atoms with Crippen molar-refractivity contribution in [3.63, 3.8) is 0 Å². The minimum absolute atomic E-state index is 0.0140. The summed E-state index contributed by atoms with van der Waals surface area (Å²) in [4.78, 5) is 37.5. The fourth-order valence-corrected chi connectivity index (χ4v) is 5.19. The van der Waals surface area contributed by atoms with Gasteiger partial charge in [-0.15, -0.1) is 0 Å². The Morgan fingerprint density at radius 3 is 2.17 bits per heavy atom. The third kappa shape index (κ3) is 4.75. The van der Waals surface area contributed by atoms with Crippen LogP contribution in [0.1, 0.15) is 42.7 Å². The molecular weight excluding hydrogens is 448 g/mol. The van der Waals surface area contributed by atoms with E-state index in [0.717, 1.165) is 35.1 Å². The predicted molar refractivity (Wildman–Crippen MR) is 128 cm³/mol. The molecule has 1 saturated heterocycles. The highest BCUT2D eigenvalue weighted by atomic mass is 16.5. The van der Waals surface area contributed by atoms with E-state index in [0.29, 0.717) is 26.1 Å². The molecule has 2 aliphatic carbocycles. The second-order valence-electron chi connectivity index (χ2n) is 9.70. The summed E-state index contributed by atoms with van der Waals surface area (Å²) in [6, 6.07) is 15.5. The number of rotatable bonds is 8. The van der Waals surface area contributed by atoms with Crippen molar-refractivity contribution in [1.82, 2.24) is 10.6 Å². The highest BCUT2D eigenvalue weighted by Crippen LogP contribution is 2.44. The first-order chi connectivity index (χ1) is 17.0. The summed E-state index contributed by atoms with van der Waals surface area (Å²) in [6.45, 7) is 0.888. The molecule has 2 aromatic carbocycles. The number of nitrogens with one attached hydrogen (secondary N) is 2. The van der Waals surface area contributed by atoms with Crippen LogP contribution in [0.25, 0.3) is 11.1 Å². The van der Waals surface area contributed by atoms with Gasteiger partial charge in [0.25, 0.3) is 0 Å². The molecule has 1 atom stereocenters. The largest absolute Gasteiger partial charge is 0.481 e. The van der Waals surface area contributed by atoms with Crippen molar-refractivity contribution in [2.75, 3.05) is 26.4 Å². The second kappa shape index (κ2) is 9.70. The van der Waals surface area contributed by atoms with Gasteiger partial charge in [-0.25, -0.2) is 4.79 Å². The van der Waals surface area contributed by atoms with Crippen molar-refractivity contribution in [2.45, 2.75) is 37.6 Å². The fraction of sp³-hybridized carbons (Fsp3) is 0.444. The molecule has 1 unspecified atom stereocenters. The first-order valence-corrected chi connectivity index (χ1v) is 12.2. The average molecular weight is 479 g/mol. The van der Waals surface area contributed by atoms with Crippen molar-refractivity contribution >= 4 is 18.0 Å². The lowest BCUT2D eigenvalue weighted by molar-refractivity contribution is -0.154. The molecule has 2 fully saturated rings. The Morgan fingerprint density at radius 1 is 1.00 bits per heavy atom. The Bertz CT molecular complexity index is 1080. The van der Waals surface area contributed by atoms with Crippen LogP contribution in [-0.2, 0) is 19.1 Å². The van der Waals surface area contributed by atoms with E-state index >= 15 is 0 Å². The molecule has 1 heterocycles. The molecule has 5 rings (SSSR count). The predicted octanol–water partition coefficient (Wildman–Crippen LogP) is 3.30. The zero-order chi connectivity index (χ0) is 24.4. The zero-order valence-electron chi connectivity index (χ0n) is 19.5. The molecule has 3 N–H and O–H groups in total. The van der Waals surface area contributed by atoms with Crippen LogP contribution in [0.2, 0.25) is 0 Å². The number of hydrogen-bond donors (Lipinski definition) is 3. The summed E-state index contributed by atoms with van der Waals surface area (Å²) in [5, 5.41) is 15.2. The highest BCUT2D eigenvalue weighted by Gasteiger charge is 2.43. The summed E-state index contributed by atoms with van der Waals surface area (Å²) in [7, 11) is 0. The van der Waals surface area contributed by atoms with E-state index < -0.39 is 23.5 Å². The van der Waals surface area contributed by atoms with Gasteiger partial charge in [-0.05, 0) is 53.9 Å². The fourth-order valence-electron chi connectivity index (χ4n) is 5.19. The summed E-state index contributed by atoms with van der Waals surface area (Å²) in [5.74, 6) is -1.34. The summed E-state index contributed by atoms with van der Waals surface area (Å²) >= 11 is 0. The number of hydrogen-bond acceptors (Lipinski definition) is 5. The summed E-state index contributed by atoms with van der Waals surface area (Å²) in [6.07, 6.45) is 1.71. The van der Waals surface area contributed by atoms with Gasteiger partial charge in [-0.3, -0.25) is 9.59 Å². The van der Waals surface area contributed by atoms with Crippen molar-refractivity contribution in [2.24, 2.45) is 11.3 Å². The molecule has 0 aromatic heterocycles. The number of fused-ring (bicyclic) bond motifs is 3. The number of carbonyl (C=O) groups excluding carboxylic acids is 2. The van der Waals surface area contributed by atoms with Crippen molar-refractivity contribution in [3.05, 3.63) is 59.7 Å². The Kier molecular flexibility index (Phi) is 6.47. The summed E-state index contributed by atoms with van der Waals surface area (Å²) < 4.78 is 10.9. The SMILES string of the molecule is O=C(NC(C(=O)NCC1(C(=O)O)CCOCC1)C1CC1)OCC1c2ccccc2-c2ccccc21. The van der Waals surface area contributed by atoms with E-state index in [4.69, 9.17) is 9.47 Å². The van der Waals surface area contributed by atoms with E-state index in [1.54, 1.807) is 0 Å². The third-order valence-electron chi connectivity index (χ3n) is 7.50. The molecule has 0 radical (unpaired) electrons. The van der Waals surface area contributed by atoms with Crippen LogP contribution in [-0.4, -0.2) is 55.5 Å². The van der Waals surface area contributed by atoms with E-state index in [1.807, 2.05) is 24.3 Å². The first-order valence-electron chi connectivity index (χ1n) is 12.2. The third-order valence-corrected chi connectivity index (χ3v) is 7.50. The van der Waals surface area contributed by atoms with Gasteiger partial charge >= 0.3 is 12.1 Å². The van der Waals surface area contributed by atoms with E-state index in [1.165, 1.54) is 0 Å². The number of carboxylic acid groups (broad SMARTS) is 1. The second-order valence-corrected chi connectivity index (χ2v) is 9.70. The number of benzene rings is 2. The van der Waals surface area contributed by atoms with Crippen LogP contribution in [0, 0.1) is 11.3 Å². The maximum absolute atomic E-state index is 12.9. The number of ether oxygens (including phenoxy) is 2. The number of carbonyl (C=O) groups is 3. The molecule has 184 valence electrons. The molecule has 8 nitrogen and oxygen atoms in total. The Labute approximate surface area is 204 Å². The summed E-state index contributed by atoms with van der Waals surface area (Å²) in [5.41, 5.74) is 3.49. The number of alkyl carbamates (subject to hydrolysis) is 1. The van der Waals surface area contributed by atoms with Gasteiger partial charge in [0.15, 0.2) is 0 Å². The van der Waals surface area contributed by atoms with E-state index in [2.05, 4.69) is 34.9 Å². The van der Waals surface area contributed by atoms with Crippen molar-refractivity contribution < 1.29 is 29.0 Å². The van der Waals surface area contributed by atoms with E-state index in [-0.39, 0.29) is 30.9 Å². The Balaban J connectivity index is 1.20. The normalized spacial score (nSPS) is 19.2. The quantitative estimate of drug-likeness (QED) is 0.537. The van der Waals surface area contributed by atoms with Crippen LogP contribution in [0.15, 0.2) is 48.5 Å². The minimum Gasteiger partial charge on any atom is -0.481 e. The van der Waals surface area contributed by atoms with Crippen LogP contribution >= 0.6 is 0 Å². The van der Waals surface area contributed by atoms with Gasteiger partial charge in [-0.1, -0.05) is 48.5 Å². The van der Waals surface area contributed by atoms with Gasteiger partial charge in [-0.2, -0.15) is 0 Å². The standard InChI is InChI=1S/C27H30N2O6/c30-24(28-16-27(25(31)32)11-13-34-14-12-27)23(17-9-10-17)29-26(33)35-15-22-20-7-3-1-5-18(20)19-6-2-4-8-21(19)22/h1-8,17,22-23H,9-16H2,(H,28,30)(H,29,33)(H,31,32). The molecule has 8 heteroatoms. The molecule has 0 spiro atoms. The minimum atomic E-state index is -1.04. The van der Waals surface area contributed by atoms with Gasteiger partial charge in [0.05, 0.1) is 5.41 Å². The molecule has 0 bridgehead atoms. The lowest BCUT2D eigenvalue weighted by Gasteiger charge is -2.33. The maximum Gasteiger partial charge on any atom is 0.407 e. The van der Waals surface area contributed by atoms with Crippen molar-refractivity contribution in [3.8, 4) is 11.1 Å². The topological polar surface area (TPSA) is 114 Å². The average Bonchev–Trinajstić information content (AvgIpc) is 3.67. The van der Waals surface area contributed by atoms with Crippen LogP contribution < -0.4 is 10.6 Å². The molecular formula is C27H30N2O6. The molecule has 1 saturated carbocycles. The van der Waals surface area contributed by atoms with Gasteiger partial charge in [0, 0.05) is 25.7 Å². The molecule has 2 amide bonds.